The number of hydrogen-bond acceptors (Lipinski definition) is 3. The molecule has 0 aliphatic heterocycles. The molecule has 1 atom stereocenters. The van der Waals surface area contributed by atoms with Crippen molar-refractivity contribution in [2.75, 3.05) is 6.79 Å². The number of hydrogen-bond donors (Lipinski definition) is 1. The van der Waals surface area contributed by atoms with Crippen LogP contribution >= 0.6 is 23.2 Å². The number of aromatic amines is 1. The fourth-order valence-corrected chi connectivity index (χ4v) is 2.76. The van der Waals surface area contributed by atoms with Crippen LogP contribution in [0.15, 0.2) is 60.9 Å². The van der Waals surface area contributed by atoms with Crippen molar-refractivity contribution in [2.24, 2.45) is 0 Å². The maximum atomic E-state index is 6.26. The number of halogens is 2. The minimum Gasteiger partial charge on any atom is -0.468 e. The third-order valence-corrected chi connectivity index (χ3v) is 4.07. The molecule has 0 saturated heterocycles. The van der Waals surface area contributed by atoms with Gasteiger partial charge in [0.1, 0.15) is 17.7 Å². The number of para-hydroxylation sites is 1. The highest BCUT2D eigenvalue weighted by atomic mass is 35.5. The summed E-state index contributed by atoms with van der Waals surface area (Å²) < 4.78 is 11.5. The molecule has 0 fully saturated rings. The zero-order valence-corrected chi connectivity index (χ0v) is 14.3. The number of nitrogens with one attached hydrogen (secondary N) is 1. The van der Waals surface area contributed by atoms with E-state index in [1.807, 2.05) is 42.5 Å². The van der Waals surface area contributed by atoms with Gasteiger partial charge in [0.25, 0.3) is 0 Å². The molecule has 4 nitrogen and oxygen atoms in total. The van der Waals surface area contributed by atoms with Crippen LogP contribution in [-0.2, 0) is 11.2 Å². The molecule has 3 aromatic rings. The van der Waals surface area contributed by atoms with Gasteiger partial charge in [-0.1, -0.05) is 47.5 Å². The second kappa shape index (κ2) is 8.20. The zero-order valence-electron chi connectivity index (χ0n) is 12.8. The van der Waals surface area contributed by atoms with E-state index in [1.54, 1.807) is 18.5 Å². The first-order valence-corrected chi connectivity index (χ1v) is 8.20. The number of ether oxygens (including phenoxy) is 2. The minimum absolute atomic E-state index is 0.112. The summed E-state index contributed by atoms with van der Waals surface area (Å²) in [6.45, 7) is 0.112. The van der Waals surface area contributed by atoms with Crippen LogP contribution in [0.4, 0.5) is 0 Å². The molecule has 1 aromatic heterocycles. The highest BCUT2D eigenvalue weighted by Crippen LogP contribution is 2.27. The van der Waals surface area contributed by atoms with Crippen LogP contribution in [0.25, 0.3) is 0 Å². The van der Waals surface area contributed by atoms with Gasteiger partial charge in [0.05, 0.1) is 0 Å². The smallest absolute Gasteiger partial charge is 0.189 e. The first-order valence-electron chi connectivity index (χ1n) is 7.45. The summed E-state index contributed by atoms with van der Waals surface area (Å²) in [5.74, 6) is 1.47. The zero-order chi connectivity index (χ0) is 16.8. The van der Waals surface area contributed by atoms with E-state index in [4.69, 9.17) is 32.7 Å². The van der Waals surface area contributed by atoms with Crippen molar-refractivity contribution < 1.29 is 9.47 Å². The van der Waals surface area contributed by atoms with Crippen LogP contribution in [-0.4, -0.2) is 16.8 Å². The van der Waals surface area contributed by atoms with Gasteiger partial charge in [0.15, 0.2) is 6.79 Å². The largest absolute Gasteiger partial charge is 0.468 e. The number of benzene rings is 2. The first kappa shape index (κ1) is 16.8. The van der Waals surface area contributed by atoms with E-state index < -0.39 is 0 Å². The highest BCUT2D eigenvalue weighted by molar-refractivity contribution is 6.35. The fourth-order valence-electron chi connectivity index (χ4n) is 2.28. The van der Waals surface area contributed by atoms with Gasteiger partial charge >= 0.3 is 0 Å². The molecule has 1 N–H and O–H groups in total. The third-order valence-electron chi connectivity index (χ3n) is 3.48. The van der Waals surface area contributed by atoms with Gasteiger partial charge in [-0.3, -0.25) is 0 Å². The predicted molar refractivity (Wildman–Crippen MR) is 94.5 cm³/mol. The summed E-state index contributed by atoms with van der Waals surface area (Å²) >= 11 is 12.2. The van der Waals surface area contributed by atoms with Crippen molar-refractivity contribution in [3.63, 3.8) is 0 Å². The molecule has 0 saturated carbocycles. The summed E-state index contributed by atoms with van der Waals surface area (Å²) in [5, 5.41) is 1.21. The lowest BCUT2D eigenvalue weighted by Crippen LogP contribution is -2.14. The average molecular weight is 363 g/mol. The summed E-state index contributed by atoms with van der Waals surface area (Å²) in [6.07, 6.45) is 3.70. The number of nitrogens with zero attached hydrogens (tertiary/aromatic N) is 1. The van der Waals surface area contributed by atoms with Crippen molar-refractivity contribution in [3.05, 3.63) is 82.4 Å². The Morgan fingerprint density at radius 1 is 1.08 bits per heavy atom. The molecule has 0 radical (unpaired) electrons. The number of imidazole rings is 1. The van der Waals surface area contributed by atoms with Gasteiger partial charge in [0, 0.05) is 28.9 Å². The van der Waals surface area contributed by atoms with Crippen LogP contribution in [0.3, 0.4) is 0 Å². The number of H-pyrrole nitrogens is 1. The molecule has 0 spiro atoms. The van der Waals surface area contributed by atoms with Gasteiger partial charge < -0.3 is 14.5 Å². The molecule has 24 heavy (non-hydrogen) atoms. The van der Waals surface area contributed by atoms with Gasteiger partial charge in [0.2, 0.25) is 0 Å². The van der Waals surface area contributed by atoms with Crippen LogP contribution < -0.4 is 4.74 Å². The highest BCUT2D eigenvalue weighted by Gasteiger charge is 2.17. The standard InChI is InChI=1S/C18H16Cl2N2O2/c19-14-7-6-13(16(20)11-14)10-17(18-21-8-9-22-18)24-12-23-15-4-2-1-3-5-15/h1-9,11,17H,10,12H2,(H,21,22). The molecule has 0 bridgehead atoms. The molecule has 0 aliphatic rings. The molecule has 1 unspecified atom stereocenters. The fraction of sp³-hybridized carbons (Fsp3) is 0.167. The normalized spacial score (nSPS) is 12.1. The third kappa shape index (κ3) is 4.51. The molecule has 0 amide bonds. The summed E-state index contributed by atoms with van der Waals surface area (Å²) in [7, 11) is 0. The summed E-state index contributed by atoms with van der Waals surface area (Å²) in [4.78, 5) is 7.36. The lowest BCUT2D eigenvalue weighted by molar-refractivity contribution is -0.0406. The van der Waals surface area contributed by atoms with Gasteiger partial charge in [-0.05, 0) is 29.8 Å². The second-order valence-corrected chi connectivity index (χ2v) is 5.99. The van der Waals surface area contributed by atoms with Crippen LogP contribution in [0, 0.1) is 0 Å². The van der Waals surface area contributed by atoms with Crippen LogP contribution in [0.1, 0.15) is 17.5 Å². The Bertz CT molecular complexity index is 764. The Labute approximate surface area is 150 Å². The minimum atomic E-state index is -0.303. The Morgan fingerprint density at radius 2 is 1.92 bits per heavy atom. The predicted octanol–water partition coefficient (Wildman–Crippen LogP) is 5.05. The molecule has 6 heteroatoms. The lowest BCUT2D eigenvalue weighted by Gasteiger charge is -2.17. The van der Waals surface area contributed by atoms with Crippen molar-refractivity contribution in [1.29, 1.82) is 0 Å². The maximum absolute atomic E-state index is 6.26. The average Bonchev–Trinajstić information content (AvgIpc) is 3.11. The Hall–Kier alpha value is -2.01. The van der Waals surface area contributed by atoms with Gasteiger partial charge in [-0.15, -0.1) is 0 Å². The first-order chi connectivity index (χ1) is 11.7. The SMILES string of the molecule is Clc1ccc(CC(OCOc2ccccc2)c2ncc[nH]2)c(Cl)c1. The molecule has 124 valence electrons. The lowest BCUT2D eigenvalue weighted by atomic mass is 10.1. The van der Waals surface area contributed by atoms with Gasteiger partial charge in [-0.25, -0.2) is 4.98 Å². The molecular formula is C18H16Cl2N2O2. The molecule has 2 aromatic carbocycles. The number of aromatic nitrogens is 2. The topological polar surface area (TPSA) is 47.1 Å². The number of rotatable bonds is 7. The monoisotopic (exact) mass is 362 g/mol. The quantitative estimate of drug-likeness (QED) is 0.598. The maximum Gasteiger partial charge on any atom is 0.189 e. The van der Waals surface area contributed by atoms with E-state index in [2.05, 4.69) is 9.97 Å². The Morgan fingerprint density at radius 3 is 2.62 bits per heavy atom. The van der Waals surface area contributed by atoms with Crippen LogP contribution in [0.2, 0.25) is 10.0 Å². The van der Waals surface area contributed by atoms with Crippen molar-refractivity contribution in [1.82, 2.24) is 9.97 Å². The van der Waals surface area contributed by atoms with E-state index in [0.717, 1.165) is 17.1 Å². The van der Waals surface area contributed by atoms with E-state index in [9.17, 15) is 0 Å². The molecule has 1 heterocycles. The molecular weight excluding hydrogens is 347 g/mol. The van der Waals surface area contributed by atoms with Gasteiger partial charge in [-0.2, -0.15) is 0 Å². The van der Waals surface area contributed by atoms with E-state index >= 15 is 0 Å². The van der Waals surface area contributed by atoms with Crippen LogP contribution in [0.5, 0.6) is 5.75 Å². The molecule has 3 rings (SSSR count). The van der Waals surface area contributed by atoms with Crippen molar-refractivity contribution in [3.8, 4) is 5.75 Å². The van der Waals surface area contributed by atoms with E-state index in [0.29, 0.717) is 16.5 Å². The van der Waals surface area contributed by atoms with Crippen molar-refractivity contribution >= 4 is 23.2 Å². The summed E-state index contributed by atoms with van der Waals surface area (Å²) in [5.41, 5.74) is 0.933. The Kier molecular flexibility index (Phi) is 5.75. The van der Waals surface area contributed by atoms with E-state index in [-0.39, 0.29) is 12.9 Å². The second-order valence-electron chi connectivity index (χ2n) is 5.14. The van der Waals surface area contributed by atoms with Crippen molar-refractivity contribution in [2.45, 2.75) is 12.5 Å². The Balaban J connectivity index is 1.67. The summed E-state index contributed by atoms with van der Waals surface area (Å²) in [6, 6.07) is 14.9. The van der Waals surface area contributed by atoms with E-state index in [1.165, 1.54) is 0 Å². The molecule has 0 aliphatic carbocycles.